The van der Waals surface area contributed by atoms with Crippen LogP contribution in [0, 0.1) is 0 Å². The van der Waals surface area contributed by atoms with Crippen molar-refractivity contribution in [3.63, 3.8) is 0 Å². The van der Waals surface area contributed by atoms with Crippen molar-refractivity contribution in [2.45, 2.75) is 0 Å². The monoisotopic (exact) mass is 842 g/mol. The molecule has 0 spiro atoms. The molecule has 0 N–H and O–H groups in total. The van der Waals surface area contributed by atoms with E-state index >= 15 is 0 Å². The number of aromatic nitrogens is 3. The fourth-order valence-electron chi connectivity index (χ4n) is 9.42. The largest absolute Gasteiger partial charge is 0.310 e. The summed E-state index contributed by atoms with van der Waals surface area (Å²) in [5.41, 5.74) is 17.5. The number of nitrogens with zero attached hydrogens (tertiary/aromatic N) is 4. The summed E-state index contributed by atoms with van der Waals surface area (Å²) in [5.74, 6) is 0.710. The molecule has 0 saturated carbocycles. The van der Waals surface area contributed by atoms with Gasteiger partial charge in [0.25, 0.3) is 0 Å². The SMILES string of the molecule is c1ccc(-c2ccc(N(c3cccc(-n4c5ccccc5c5ccc(-c6ccc(-c7nc(-c8ccccc8)c8ccccc8n7)cc6)cc54)c3)c3ccccc3-c3ccccc3)cc2)cc1. The van der Waals surface area contributed by atoms with Gasteiger partial charge in [-0.05, 0) is 82.4 Å². The van der Waals surface area contributed by atoms with Crippen molar-refractivity contribution in [3.8, 4) is 61.7 Å². The van der Waals surface area contributed by atoms with Crippen molar-refractivity contribution >= 4 is 49.8 Å². The zero-order valence-corrected chi connectivity index (χ0v) is 36.0. The summed E-state index contributed by atoms with van der Waals surface area (Å²) < 4.78 is 2.42. The fourth-order valence-corrected chi connectivity index (χ4v) is 9.42. The van der Waals surface area contributed by atoms with Crippen molar-refractivity contribution in [3.05, 3.63) is 255 Å². The van der Waals surface area contributed by atoms with E-state index in [0.717, 1.165) is 78.2 Å². The number of anilines is 3. The Hall–Kier alpha value is -8.86. The molecule has 0 atom stereocenters. The third-order valence-electron chi connectivity index (χ3n) is 12.6. The lowest BCUT2D eigenvalue weighted by Crippen LogP contribution is -2.11. The standard InChI is InChI=1S/C62H42N4/c1-4-17-43(18-5-1)44-35-38-50(39-36-44)65(58-29-14-11-25-53(58)46-19-6-2-7-20-46)51-23-16-24-52(42-51)66-59-30-15-12-26-54(59)55-40-37-49(41-60(55)66)45-31-33-48(34-32-45)62-63-57-28-13-10-27-56(57)61(64-62)47-21-8-3-9-22-47/h1-42H. The van der Waals surface area contributed by atoms with Gasteiger partial charge in [-0.1, -0.05) is 200 Å². The summed E-state index contributed by atoms with van der Waals surface area (Å²) in [6.07, 6.45) is 0. The van der Waals surface area contributed by atoms with Crippen LogP contribution in [0.2, 0.25) is 0 Å². The van der Waals surface area contributed by atoms with Crippen molar-refractivity contribution in [2.75, 3.05) is 4.90 Å². The zero-order valence-electron chi connectivity index (χ0n) is 36.0. The molecule has 12 rings (SSSR count). The van der Waals surface area contributed by atoms with Crippen LogP contribution in [0.15, 0.2) is 255 Å². The van der Waals surface area contributed by atoms with E-state index in [1.54, 1.807) is 0 Å². The van der Waals surface area contributed by atoms with E-state index in [4.69, 9.17) is 9.97 Å². The number of rotatable bonds is 9. The first-order chi connectivity index (χ1) is 32.7. The van der Waals surface area contributed by atoms with Crippen LogP contribution in [-0.2, 0) is 0 Å². The van der Waals surface area contributed by atoms with Gasteiger partial charge in [0.2, 0.25) is 0 Å². The molecule has 0 unspecified atom stereocenters. The van der Waals surface area contributed by atoms with E-state index in [0.29, 0.717) is 5.82 Å². The smallest absolute Gasteiger partial charge is 0.160 e. The first kappa shape index (κ1) is 38.8. The molecule has 4 heteroatoms. The Labute approximate surface area is 384 Å². The highest BCUT2D eigenvalue weighted by molar-refractivity contribution is 6.10. The molecular formula is C62H42N4. The molecule has 0 aliphatic rings. The Morgan fingerprint density at radius 1 is 0.318 bits per heavy atom. The second-order valence-electron chi connectivity index (χ2n) is 16.6. The van der Waals surface area contributed by atoms with Gasteiger partial charge in [0.05, 0.1) is 27.9 Å². The molecule has 310 valence electrons. The molecule has 2 heterocycles. The molecule has 10 aromatic carbocycles. The zero-order chi connectivity index (χ0) is 43.8. The van der Waals surface area contributed by atoms with Gasteiger partial charge in [-0.2, -0.15) is 0 Å². The molecule has 0 aliphatic heterocycles. The van der Waals surface area contributed by atoms with E-state index in [1.807, 2.05) is 18.2 Å². The minimum atomic E-state index is 0.710. The molecular weight excluding hydrogens is 801 g/mol. The maximum absolute atomic E-state index is 5.13. The molecule has 0 radical (unpaired) electrons. The Kier molecular flexibility index (Phi) is 9.81. The number of hydrogen-bond acceptors (Lipinski definition) is 3. The normalized spacial score (nSPS) is 11.3. The maximum atomic E-state index is 5.13. The number of para-hydroxylation sites is 3. The Bertz CT molecular complexity index is 3670. The summed E-state index contributed by atoms with van der Waals surface area (Å²) >= 11 is 0. The van der Waals surface area contributed by atoms with Crippen molar-refractivity contribution in [1.82, 2.24) is 14.5 Å². The van der Waals surface area contributed by atoms with Gasteiger partial charge < -0.3 is 9.47 Å². The van der Waals surface area contributed by atoms with Crippen LogP contribution in [-0.4, -0.2) is 14.5 Å². The van der Waals surface area contributed by atoms with E-state index in [9.17, 15) is 0 Å². The van der Waals surface area contributed by atoms with Crippen LogP contribution in [0.25, 0.3) is 94.4 Å². The number of fused-ring (bicyclic) bond motifs is 4. The van der Waals surface area contributed by atoms with E-state index in [2.05, 4.69) is 246 Å². The minimum absolute atomic E-state index is 0.710. The van der Waals surface area contributed by atoms with E-state index in [1.165, 1.54) is 27.5 Å². The van der Waals surface area contributed by atoms with Crippen LogP contribution in [0.5, 0.6) is 0 Å². The summed E-state index contributed by atoms with van der Waals surface area (Å²) in [7, 11) is 0. The minimum Gasteiger partial charge on any atom is -0.310 e. The topological polar surface area (TPSA) is 34.0 Å². The second-order valence-corrected chi connectivity index (χ2v) is 16.6. The van der Waals surface area contributed by atoms with Crippen molar-refractivity contribution in [1.29, 1.82) is 0 Å². The summed E-state index contributed by atoms with van der Waals surface area (Å²) in [6.45, 7) is 0. The van der Waals surface area contributed by atoms with Crippen molar-refractivity contribution in [2.24, 2.45) is 0 Å². The van der Waals surface area contributed by atoms with Crippen LogP contribution in [0.1, 0.15) is 0 Å². The van der Waals surface area contributed by atoms with Gasteiger partial charge in [-0.3, -0.25) is 0 Å². The molecule has 4 nitrogen and oxygen atoms in total. The van der Waals surface area contributed by atoms with Gasteiger partial charge in [0.1, 0.15) is 0 Å². The third-order valence-corrected chi connectivity index (χ3v) is 12.6. The lowest BCUT2D eigenvalue weighted by atomic mass is 10.0. The highest BCUT2D eigenvalue weighted by Crippen LogP contribution is 2.43. The lowest BCUT2D eigenvalue weighted by molar-refractivity contribution is 1.17. The average molecular weight is 843 g/mol. The molecule has 0 saturated heterocycles. The van der Waals surface area contributed by atoms with Gasteiger partial charge in [-0.15, -0.1) is 0 Å². The predicted molar refractivity (Wildman–Crippen MR) is 276 cm³/mol. The average Bonchev–Trinajstić information content (AvgIpc) is 3.73. The first-order valence-corrected chi connectivity index (χ1v) is 22.4. The molecule has 66 heavy (non-hydrogen) atoms. The van der Waals surface area contributed by atoms with E-state index in [-0.39, 0.29) is 0 Å². The van der Waals surface area contributed by atoms with Crippen LogP contribution in [0.3, 0.4) is 0 Å². The van der Waals surface area contributed by atoms with E-state index < -0.39 is 0 Å². The molecule has 0 aliphatic carbocycles. The molecule has 0 fully saturated rings. The first-order valence-electron chi connectivity index (χ1n) is 22.4. The molecule has 2 aromatic heterocycles. The number of benzene rings is 10. The highest BCUT2D eigenvalue weighted by atomic mass is 15.1. The van der Waals surface area contributed by atoms with Crippen molar-refractivity contribution < 1.29 is 0 Å². The maximum Gasteiger partial charge on any atom is 0.160 e. The quantitative estimate of drug-likeness (QED) is 0.145. The number of hydrogen-bond donors (Lipinski definition) is 0. The summed E-state index contributed by atoms with van der Waals surface area (Å²) in [4.78, 5) is 12.5. The van der Waals surface area contributed by atoms with Gasteiger partial charge in [-0.25, -0.2) is 9.97 Å². The Morgan fingerprint density at radius 2 is 0.879 bits per heavy atom. The summed E-state index contributed by atoms with van der Waals surface area (Å²) in [5, 5.41) is 3.46. The van der Waals surface area contributed by atoms with Gasteiger partial charge in [0.15, 0.2) is 5.82 Å². The van der Waals surface area contributed by atoms with Crippen LogP contribution >= 0.6 is 0 Å². The molecule has 0 bridgehead atoms. The summed E-state index contributed by atoms with van der Waals surface area (Å²) in [6, 6.07) is 90.7. The molecule has 0 amide bonds. The third kappa shape index (κ3) is 7.08. The fraction of sp³-hybridized carbons (Fsp3) is 0. The van der Waals surface area contributed by atoms with Crippen LogP contribution < -0.4 is 4.90 Å². The second kappa shape index (κ2) is 16.7. The Morgan fingerprint density at radius 3 is 1.65 bits per heavy atom. The van der Waals surface area contributed by atoms with Gasteiger partial charge >= 0.3 is 0 Å². The Balaban J connectivity index is 0.966. The predicted octanol–water partition coefficient (Wildman–Crippen LogP) is 16.5. The highest BCUT2D eigenvalue weighted by Gasteiger charge is 2.20. The molecule has 12 aromatic rings. The lowest BCUT2D eigenvalue weighted by Gasteiger charge is -2.28. The van der Waals surface area contributed by atoms with Gasteiger partial charge in [0, 0.05) is 49.9 Å². The van der Waals surface area contributed by atoms with Crippen LogP contribution in [0.4, 0.5) is 17.1 Å².